The number of alkyl carbamates (subject to hydrolysis) is 1. The van der Waals surface area contributed by atoms with Gasteiger partial charge in [-0.15, -0.1) is 0 Å². The highest BCUT2D eigenvalue weighted by Gasteiger charge is 2.27. The van der Waals surface area contributed by atoms with Crippen LogP contribution in [0.5, 0.6) is 0 Å². The molecule has 0 saturated carbocycles. The number of amidine groups is 1. The van der Waals surface area contributed by atoms with Gasteiger partial charge in [0, 0.05) is 24.1 Å². The normalized spacial score (nSPS) is 21.4. The minimum Gasteiger partial charge on any atom is -0.462 e. The summed E-state index contributed by atoms with van der Waals surface area (Å²) in [6, 6.07) is -0.550. The summed E-state index contributed by atoms with van der Waals surface area (Å²) >= 11 is 0. The summed E-state index contributed by atoms with van der Waals surface area (Å²) in [5, 5.41) is 9.77. The molecule has 7 heteroatoms. The van der Waals surface area contributed by atoms with Crippen LogP contribution in [0.15, 0.2) is 29.0 Å². The molecule has 0 aromatic heterocycles. The first-order valence-electron chi connectivity index (χ1n) is 7.81. The van der Waals surface area contributed by atoms with E-state index in [0.29, 0.717) is 12.1 Å². The molecule has 6 nitrogen and oxygen atoms in total. The predicted molar refractivity (Wildman–Crippen MR) is 92.1 cm³/mol. The summed E-state index contributed by atoms with van der Waals surface area (Å²) in [5.41, 5.74) is -0.0862. The van der Waals surface area contributed by atoms with Crippen LogP contribution in [0.2, 0.25) is 0 Å². The number of aliphatic imine (C=N–C) groups is 1. The van der Waals surface area contributed by atoms with Crippen molar-refractivity contribution in [2.45, 2.75) is 65.2 Å². The highest BCUT2D eigenvalue weighted by molar-refractivity contribution is 5.91. The monoisotopic (exact) mass is 339 g/mol. The number of ether oxygens (including phenoxy) is 2. The van der Waals surface area contributed by atoms with Gasteiger partial charge in [0.05, 0.1) is 6.04 Å². The van der Waals surface area contributed by atoms with Crippen LogP contribution in [0, 0.1) is 5.41 Å². The van der Waals surface area contributed by atoms with Crippen LogP contribution in [0.4, 0.5) is 9.18 Å². The zero-order chi connectivity index (χ0) is 18.5. The van der Waals surface area contributed by atoms with Crippen molar-refractivity contribution in [3.63, 3.8) is 0 Å². The van der Waals surface area contributed by atoms with Gasteiger partial charge in [-0.05, 0) is 40.7 Å². The van der Waals surface area contributed by atoms with E-state index in [4.69, 9.17) is 14.9 Å². The SMILES string of the molecule is C=C(C(F)=CCC(C)=N)C1CC(C)OC(NC(=O)OC(C)(C)C)=N1. The van der Waals surface area contributed by atoms with Crippen molar-refractivity contribution in [2.75, 3.05) is 0 Å². The lowest BCUT2D eigenvalue weighted by atomic mass is 10.0. The van der Waals surface area contributed by atoms with E-state index in [1.807, 2.05) is 0 Å². The summed E-state index contributed by atoms with van der Waals surface area (Å²) in [6.07, 6.45) is 1.03. The third-order valence-electron chi connectivity index (χ3n) is 3.05. The Balaban J connectivity index is 2.81. The molecule has 0 aromatic carbocycles. The van der Waals surface area contributed by atoms with Gasteiger partial charge in [0.25, 0.3) is 6.02 Å². The van der Waals surface area contributed by atoms with Crippen LogP contribution in [-0.4, -0.2) is 35.6 Å². The highest BCUT2D eigenvalue weighted by atomic mass is 19.1. The Hall–Kier alpha value is -2.18. The number of carbonyl (C=O) groups is 1. The number of allylic oxidation sites excluding steroid dienone is 1. The van der Waals surface area contributed by atoms with E-state index in [-0.39, 0.29) is 24.1 Å². The minimum absolute atomic E-state index is 0.00909. The van der Waals surface area contributed by atoms with Crippen molar-refractivity contribution < 1.29 is 18.7 Å². The molecule has 2 unspecified atom stereocenters. The molecular weight excluding hydrogens is 313 g/mol. The van der Waals surface area contributed by atoms with Crippen molar-refractivity contribution in [2.24, 2.45) is 4.99 Å². The van der Waals surface area contributed by atoms with Crippen molar-refractivity contribution in [3.05, 3.63) is 24.1 Å². The van der Waals surface area contributed by atoms with E-state index in [9.17, 15) is 9.18 Å². The molecule has 134 valence electrons. The number of nitrogens with one attached hydrogen (secondary N) is 2. The number of halogens is 1. The molecular formula is C17H26FN3O3. The van der Waals surface area contributed by atoms with E-state index in [2.05, 4.69) is 16.9 Å². The van der Waals surface area contributed by atoms with Gasteiger partial charge in [0.2, 0.25) is 0 Å². The fraction of sp³-hybridized carbons (Fsp3) is 0.588. The number of amides is 1. The van der Waals surface area contributed by atoms with Gasteiger partial charge < -0.3 is 14.9 Å². The van der Waals surface area contributed by atoms with Crippen LogP contribution in [0.1, 0.15) is 47.5 Å². The topological polar surface area (TPSA) is 83.8 Å². The van der Waals surface area contributed by atoms with Gasteiger partial charge in [-0.2, -0.15) is 0 Å². The molecule has 2 atom stereocenters. The molecule has 24 heavy (non-hydrogen) atoms. The Labute approximate surface area is 142 Å². The molecule has 0 radical (unpaired) electrons. The minimum atomic E-state index is -0.685. The van der Waals surface area contributed by atoms with Gasteiger partial charge in [0.1, 0.15) is 17.5 Å². The predicted octanol–water partition coefficient (Wildman–Crippen LogP) is 3.88. The largest absolute Gasteiger partial charge is 0.462 e. The van der Waals surface area contributed by atoms with Crippen molar-refractivity contribution in [1.29, 1.82) is 5.41 Å². The van der Waals surface area contributed by atoms with Crippen LogP contribution >= 0.6 is 0 Å². The average molecular weight is 339 g/mol. The molecule has 0 fully saturated rings. The fourth-order valence-corrected chi connectivity index (χ4v) is 1.98. The Morgan fingerprint density at radius 2 is 2.21 bits per heavy atom. The molecule has 1 amide bonds. The Bertz CT molecular complexity index is 576. The summed E-state index contributed by atoms with van der Waals surface area (Å²) in [7, 11) is 0. The van der Waals surface area contributed by atoms with Crippen LogP contribution in [-0.2, 0) is 9.47 Å². The number of nitrogens with zero attached hydrogens (tertiary/aromatic N) is 1. The number of hydrogen-bond acceptors (Lipinski definition) is 5. The molecule has 0 spiro atoms. The molecule has 0 bridgehead atoms. The maximum atomic E-state index is 14.1. The molecule has 0 aromatic rings. The Kier molecular flexibility index (Phi) is 6.69. The van der Waals surface area contributed by atoms with Gasteiger partial charge in [-0.25, -0.2) is 19.5 Å². The second-order valence-corrected chi connectivity index (χ2v) is 6.80. The van der Waals surface area contributed by atoms with Gasteiger partial charge in [0.15, 0.2) is 0 Å². The lowest BCUT2D eigenvalue weighted by Gasteiger charge is -2.28. The molecule has 1 aliphatic rings. The third-order valence-corrected chi connectivity index (χ3v) is 3.05. The zero-order valence-corrected chi connectivity index (χ0v) is 14.9. The summed E-state index contributed by atoms with van der Waals surface area (Å²) in [6.45, 7) is 12.4. The lowest BCUT2D eigenvalue weighted by molar-refractivity contribution is 0.0534. The molecule has 0 saturated heterocycles. The van der Waals surface area contributed by atoms with E-state index >= 15 is 0 Å². The number of rotatable bonds is 4. The smallest absolute Gasteiger partial charge is 0.415 e. The quantitative estimate of drug-likeness (QED) is 0.602. The van der Waals surface area contributed by atoms with Crippen LogP contribution in [0.3, 0.4) is 0 Å². The first-order valence-corrected chi connectivity index (χ1v) is 7.81. The van der Waals surface area contributed by atoms with Gasteiger partial charge >= 0.3 is 6.09 Å². The van der Waals surface area contributed by atoms with Crippen molar-refractivity contribution >= 4 is 17.8 Å². The first-order chi connectivity index (χ1) is 11.0. The standard InChI is InChI=1S/C17H26FN3O3/c1-10(19)7-8-13(18)12(3)14-9-11(2)23-15(20-14)21-16(22)24-17(4,5)6/h8,11,14,19H,3,7,9H2,1-2,4-6H3,(H,20,21,22). The van der Waals surface area contributed by atoms with E-state index in [0.717, 1.165) is 0 Å². The van der Waals surface area contributed by atoms with Gasteiger partial charge in [-0.3, -0.25) is 0 Å². The van der Waals surface area contributed by atoms with Crippen molar-refractivity contribution in [3.8, 4) is 0 Å². The average Bonchev–Trinajstić information content (AvgIpc) is 2.40. The first kappa shape index (κ1) is 19.9. The molecule has 1 rings (SSSR count). The zero-order valence-electron chi connectivity index (χ0n) is 14.9. The molecule has 2 N–H and O–H groups in total. The van der Waals surface area contributed by atoms with Gasteiger partial charge in [-0.1, -0.05) is 6.58 Å². The third kappa shape index (κ3) is 6.93. The van der Waals surface area contributed by atoms with E-state index in [1.54, 1.807) is 34.6 Å². The highest BCUT2D eigenvalue weighted by Crippen LogP contribution is 2.25. The molecule has 0 aliphatic carbocycles. The maximum absolute atomic E-state index is 14.1. The Morgan fingerprint density at radius 3 is 2.75 bits per heavy atom. The van der Waals surface area contributed by atoms with Crippen LogP contribution in [0.25, 0.3) is 0 Å². The fourth-order valence-electron chi connectivity index (χ4n) is 1.98. The van der Waals surface area contributed by atoms with E-state index in [1.165, 1.54) is 6.08 Å². The molecule has 1 aliphatic heterocycles. The maximum Gasteiger partial charge on any atom is 0.415 e. The number of hydrogen-bond donors (Lipinski definition) is 2. The summed E-state index contributed by atoms with van der Waals surface area (Å²) < 4.78 is 24.7. The van der Waals surface area contributed by atoms with E-state index < -0.39 is 23.6 Å². The Morgan fingerprint density at radius 1 is 1.58 bits per heavy atom. The summed E-state index contributed by atoms with van der Waals surface area (Å²) in [5.74, 6) is -0.499. The second kappa shape index (κ2) is 8.08. The lowest BCUT2D eigenvalue weighted by Crippen LogP contribution is -2.42. The van der Waals surface area contributed by atoms with Crippen LogP contribution < -0.4 is 5.32 Å². The van der Waals surface area contributed by atoms with Crippen molar-refractivity contribution in [1.82, 2.24) is 5.32 Å². The second-order valence-electron chi connectivity index (χ2n) is 6.80. The number of carbonyl (C=O) groups excluding carboxylic acids is 1. The molecule has 1 heterocycles. The summed E-state index contributed by atoms with van der Waals surface area (Å²) in [4.78, 5) is 16.0.